The molecule has 4 nitrogen and oxygen atoms in total. The van der Waals surface area contributed by atoms with E-state index in [-0.39, 0.29) is 10.8 Å². The minimum atomic E-state index is -0.136. The second-order valence-corrected chi connectivity index (χ2v) is 17.2. The number of allylic oxidation sites excluding steroid dienone is 5. The van der Waals surface area contributed by atoms with Crippen molar-refractivity contribution in [2.45, 2.75) is 64.2 Å². The molecule has 0 bridgehead atoms. The highest BCUT2D eigenvalue weighted by molar-refractivity contribution is 6.26. The second-order valence-electron chi connectivity index (χ2n) is 17.2. The van der Waals surface area contributed by atoms with E-state index in [9.17, 15) is 0 Å². The lowest BCUT2D eigenvalue weighted by Gasteiger charge is -2.44. The largest absolute Gasteiger partial charge is 0.314 e. The number of aromatic nitrogens is 1. The highest BCUT2D eigenvalue weighted by Crippen LogP contribution is 2.54. The highest BCUT2D eigenvalue weighted by atomic mass is 15.2. The predicted octanol–water partition coefficient (Wildman–Crippen LogP) is 14.3. The fourth-order valence-corrected chi connectivity index (χ4v) is 10.5. The number of nitrogens with zero attached hydrogens (tertiary/aromatic N) is 4. The molecule has 0 fully saturated rings. The monoisotopic (exact) mass is 750 g/mol. The molecule has 0 spiro atoms. The van der Waals surface area contributed by atoms with Crippen LogP contribution in [0, 0.1) is 0 Å². The molecule has 0 radical (unpaired) electrons. The average molecular weight is 751 g/mol. The van der Waals surface area contributed by atoms with Crippen LogP contribution in [0.25, 0.3) is 32.8 Å². The van der Waals surface area contributed by atoms with E-state index < -0.39 is 0 Å². The first kappa shape index (κ1) is 34.7. The minimum absolute atomic E-state index is 0.0876. The summed E-state index contributed by atoms with van der Waals surface area (Å²) in [5, 5.41) is 4.76. The zero-order chi connectivity index (χ0) is 39.2. The maximum Gasteiger partial charge on any atom is 0.0714 e. The van der Waals surface area contributed by atoms with Crippen molar-refractivity contribution < 1.29 is 0 Å². The maximum absolute atomic E-state index is 5.13. The average Bonchev–Trinajstić information content (AvgIpc) is 3.26. The third-order valence-corrected chi connectivity index (χ3v) is 13.2. The van der Waals surface area contributed by atoms with Gasteiger partial charge in [-0.05, 0) is 124 Å². The van der Waals surface area contributed by atoms with Crippen molar-refractivity contribution in [2.24, 2.45) is 4.99 Å². The molecule has 0 atom stereocenters. The van der Waals surface area contributed by atoms with Gasteiger partial charge in [-0.1, -0.05) is 119 Å². The smallest absolute Gasteiger partial charge is 0.0714 e. The van der Waals surface area contributed by atoms with Crippen LogP contribution >= 0.6 is 0 Å². The molecular formula is C54H46N4. The maximum atomic E-state index is 5.13. The third-order valence-electron chi connectivity index (χ3n) is 13.2. The van der Waals surface area contributed by atoms with Gasteiger partial charge in [0.1, 0.15) is 0 Å². The van der Waals surface area contributed by atoms with Crippen molar-refractivity contribution in [3.63, 3.8) is 0 Å². The molecule has 11 rings (SSSR count). The SMILES string of the molecule is CC1(C)C2=C(CCC=C2)N(c2ccc3c(-c4ccccn4)c4cc(N5c6ccccc6C(C)(C)c6ccccc65)ccc4c(C4=NC=CCC4)c3c2)c2ccccc21. The lowest BCUT2D eigenvalue weighted by Crippen LogP contribution is -2.34. The van der Waals surface area contributed by atoms with Crippen molar-refractivity contribution in [1.82, 2.24) is 4.98 Å². The Morgan fingerprint density at radius 3 is 1.72 bits per heavy atom. The van der Waals surface area contributed by atoms with Crippen LogP contribution < -0.4 is 9.80 Å². The molecule has 6 aromatic carbocycles. The first-order valence-corrected chi connectivity index (χ1v) is 20.8. The molecule has 1 aromatic heterocycles. The van der Waals surface area contributed by atoms with Crippen LogP contribution in [-0.2, 0) is 10.8 Å². The van der Waals surface area contributed by atoms with Gasteiger partial charge in [-0.25, -0.2) is 0 Å². The zero-order valence-electron chi connectivity index (χ0n) is 33.6. The van der Waals surface area contributed by atoms with Gasteiger partial charge in [0.25, 0.3) is 0 Å². The molecule has 1 aliphatic carbocycles. The van der Waals surface area contributed by atoms with Crippen molar-refractivity contribution in [1.29, 1.82) is 0 Å². The van der Waals surface area contributed by atoms with Gasteiger partial charge in [-0.2, -0.15) is 0 Å². The zero-order valence-corrected chi connectivity index (χ0v) is 33.6. The van der Waals surface area contributed by atoms with E-state index in [1.165, 1.54) is 77.8 Å². The molecule has 282 valence electrons. The number of fused-ring (bicyclic) bond motifs is 5. The Kier molecular flexibility index (Phi) is 7.78. The number of aliphatic imine (C=N–C) groups is 1. The van der Waals surface area contributed by atoms with Crippen molar-refractivity contribution in [3.8, 4) is 11.3 Å². The van der Waals surface area contributed by atoms with Crippen molar-refractivity contribution in [2.75, 3.05) is 9.80 Å². The summed E-state index contributed by atoms with van der Waals surface area (Å²) in [4.78, 5) is 15.2. The number of hydrogen-bond acceptors (Lipinski definition) is 4. The van der Waals surface area contributed by atoms with E-state index in [2.05, 4.69) is 177 Å². The van der Waals surface area contributed by atoms with Crippen LogP contribution in [0.2, 0.25) is 0 Å². The molecule has 0 unspecified atom stereocenters. The minimum Gasteiger partial charge on any atom is -0.314 e. The fourth-order valence-electron chi connectivity index (χ4n) is 10.5. The van der Waals surface area contributed by atoms with E-state index in [4.69, 9.17) is 9.98 Å². The van der Waals surface area contributed by atoms with Crippen molar-refractivity contribution >= 4 is 55.7 Å². The summed E-state index contributed by atoms with van der Waals surface area (Å²) in [6, 6.07) is 47.3. The lowest BCUT2D eigenvalue weighted by molar-refractivity contribution is 0.603. The van der Waals surface area contributed by atoms with Gasteiger partial charge in [-0.3, -0.25) is 9.98 Å². The Balaban J connectivity index is 1.21. The summed E-state index contributed by atoms with van der Waals surface area (Å²) in [5.74, 6) is 0. The van der Waals surface area contributed by atoms with Gasteiger partial charge in [0, 0.05) is 62.8 Å². The van der Waals surface area contributed by atoms with Crippen molar-refractivity contribution in [3.05, 3.63) is 192 Å². The molecule has 0 N–H and O–H groups in total. The number of hydrogen-bond donors (Lipinski definition) is 0. The Morgan fingerprint density at radius 1 is 0.517 bits per heavy atom. The van der Waals surface area contributed by atoms with Crippen LogP contribution in [0.3, 0.4) is 0 Å². The van der Waals surface area contributed by atoms with Gasteiger partial charge in [0.15, 0.2) is 0 Å². The van der Waals surface area contributed by atoms with Gasteiger partial charge in [0.05, 0.1) is 17.1 Å². The van der Waals surface area contributed by atoms with Crippen LogP contribution in [-0.4, -0.2) is 10.7 Å². The van der Waals surface area contributed by atoms with E-state index in [0.717, 1.165) is 48.3 Å². The number of rotatable bonds is 4. The van der Waals surface area contributed by atoms with Crippen LogP contribution in [0.15, 0.2) is 174 Å². The summed E-state index contributed by atoms with van der Waals surface area (Å²) in [5.41, 5.74) is 17.0. The van der Waals surface area contributed by atoms with E-state index in [1.807, 2.05) is 18.5 Å². The Hall–Kier alpha value is -6.52. The molecule has 4 aliphatic rings. The summed E-state index contributed by atoms with van der Waals surface area (Å²) in [6.45, 7) is 9.45. The van der Waals surface area contributed by atoms with Gasteiger partial charge >= 0.3 is 0 Å². The van der Waals surface area contributed by atoms with Gasteiger partial charge < -0.3 is 9.80 Å². The van der Waals surface area contributed by atoms with E-state index in [1.54, 1.807) is 0 Å². The molecule has 0 saturated carbocycles. The summed E-state index contributed by atoms with van der Waals surface area (Å²) >= 11 is 0. The van der Waals surface area contributed by atoms with Crippen LogP contribution in [0.1, 0.15) is 75.6 Å². The normalized spacial score (nSPS) is 17.5. The number of anilines is 5. The summed E-state index contributed by atoms with van der Waals surface area (Å²) in [7, 11) is 0. The molecular weight excluding hydrogens is 705 g/mol. The predicted molar refractivity (Wildman–Crippen MR) is 243 cm³/mol. The number of benzene rings is 6. The quantitative estimate of drug-likeness (QED) is 0.168. The topological polar surface area (TPSA) is 31.7 Å². The second kappa shape index (κ2) is 13.0. The summed E-state index contributed by atoms with van der Waals surface area (Å²) < 4.78 is 0. The molecule has 0 saturated heterocycles. The third kappa shape index (κ3) is 5.07. The first-order valence-electron chi connectivity index (χ1n) is 20.8. The molecule has 0 amide bonds. The number of para-hydroxylation sites is 3. The van der Waals surface area contributed by atoms with Gasteiger partial charge in [-0.15, -0.1) is 0 Å². The molecule has 4 heterocycles. The van der Waals surface area contributed by atoms with Crippen LogP contribution in [0.4, 0.5) is 28.4 Å². The highest BCUT2D eigenvalue weighted by Gasteiger charge is 2.39. The summed E-state index contributed by atoms with van der Waals surface area (Å²) in [6.07, 6.45) is 14.7. The lowest BCUT2D eigenvalue weighted by atomic mass is 9.71. The van der Waals surface area contributed by atoms with Gasteiger partial charge in [0.2, 0.25) is 0 Å². The van der Waals surface area contributed by atoms with Crippen LogP contribution in [0.5, 0.6) is 0 Å². The van der Waals surface area contributed by atoms with E-state index >= 15 is 0 Å². The molecule has 58 heavy (non-hydrogen) atoms. The molecule has 7 aromatic rings. The number of pyridine rings is 1. The first-order chi connectivity index (χ1) is 28.3. The standard InChI is InChI=1S/C54H46N4/c1-53(2)41-17-5-9-23-47(41)57(48-24-10-6-18-42(48)53)35-27-29-37-39(33-35)51(45-21-13-15-31-55-45)38-30-28-36(34-40(38)52(37)46-22-14-16-32-56-46)58-49-25-11-7-19-43(49)54(3,4)44-20-8-12-26-50(44)58/h5-11,13,15-21,23-25,27-34H,12,14,22,26H2,1-4H3. The Morgan fingerprint density at radius 2 is 1.09 bits per heavy atom. The Bertz CT molecular complexity index is 2910. The molecule has 3 aliphatic heterocycles. The Labute approximate surface area is 341 Å². The van der Waals surface area contributed by atoms with E-state index in [0.29, 0.717) is 0 Å². The molecule has 4 heteroatoms. The fraction of sp³-hybridized carbons (Fsp3) is 0.185.